The summed E-state index contributed by atoms with van der Waals surface area (Å²) in [6, 6.07) is 8.76. The second kappa shape index (κ2) is 3.45. The Balaban J connectivity index is 2.26. The molecule has 0 aliphatic carbocycles. The number of anilines is 1. The Morgan fingerprint density at radius 3 is 2.82 bits per heavy atom. The average molecular weight is 293 g/mol. The van der Waals surface area contributed by atoms with Crippen LogP contribution in [0.3, 0.4) is 0 Å². The van der Waals surface area contributed by atoms with Gasteiger partial charge >= 0.3 is 0 Å². The van der Waals surface area contributed by atoms with Crippen molar-refractivity contribution in [3.8, 4) is 0 Å². The lowest BCUT2D eigenvalue weighted by molar-refractivity contribution is -0.130. The van der Waals surface area contributed by atoms with Gasteiger partial charge in [0.2, 0.25) is 5.60 Å². The summed E-state index contributed by atoms with van der Waals surface area (Å²) < 4.78 is 0.817. The zero-order chi connectivity index (χ0) is 12.0. The first kappa shape index (κ1) is 10.6. The lowest BCUT2D eigenvalue weighted by Gasteiger charge is -2.19. The molecule has 5 heteroatoms. The molecule has 0 radical (unpaired) electrons. The molecule has 0 bridgehead atoms. The van der Waals surface area contributed by atoms with Gasteiger partial charge in [-0.2, -0.15) is 0 Å². The maximum atomic E-state index is 12.0. The molecule has 17 heavy (non-hydrogen) atoms. The molecule has 1 aromatic heterocycles. The summed E-state index contributed by atoms with van der Waals surface area (Å²) in [6.45, 7) is 0. The van der Waals surface area contributed by atoms with E-state index in [1.807, 2.05) is 6.07 Å². The molecule has 1 aromatic carbocycles. The number of hydrogen-bond acceptors (Lipinski definition) is 2. The van der Waals surface area contributed by atoms with Gasteiger partial charge in [-0.25, -0.2) is 0 Å². The number of nitrogens with one attached hydrogen (secondary N) is 2. The van der Waals surface area contributed by atoms with Gasteiger partial charge in [-0.1, -0.05) is 15.9 Å². The van der Waals surface area contributed by atoms with E-state index in [-0.39, 0.29) is 0 Å². The quantitative estimate of drug-likeness (QED) is 0.752. The molecule has 86 valence electrons. The van der Waals surface area contributed by atoms with E-state index < -0.39 is 11.5 Å². The van der Waals surface area contributed by atoms with Crippen molar-refractivity contribution >= 4 is 27.5 Å². The van der Waals surface area contributed by atoms with Gasteiger partial charge in [0, 0.05) is 21.9 Å². The first-order valence-electron chi connectivity index (χ1n) is 5.10. The maximum absolute atomic E-state index is 12.0. The molecule has 1 aliphatic heterocycles. The number of rotatable bonds is 1. The monoisotopic (exact) mass is 292 g/mol. The standard InChI is InChI=1S/C12H9BrN2O2/c13-7-3-4-9-8(6-7)12(17,11(16)15-9)10-2-1-5-14-10/h1-6,14,17H,(H,15,16)/t12-/m0/s1. The molecule has 0 saturated carbocycles. The molecule has 0 spiro atoms. The number of halogens is 1. The molecule has 3 rings (SSSR count). The third-order valence-corrected chi connectivity index (χ3v) is 3.43. The number of benzene rings is 1. The number of carbonyl (C=O) groups excluding carboxylic acids is 1. The minimum Gasteiger partial charge on any atom is -0.371 e. The predicted octanol–water partition coefficient (Wildman–Crippen LogP) is 1.97. The molecule has 1 atom stereocenters. The molecular weight excluding hydrogens is 284 g/mol. The highest BCUT2D eigenvalue weighted by Gasteiger charge is 2.47. The number of aliphatic hydroxyl groups is 1. The highest BCUT2D eigenvalue weighted by molar-refractivity contribution is 9.10. The summed E-state index contributed by atoms with van der Waals surface area (Å²) in [7, 11) is 0. The molecule has 3 N–H and O–H groups in total. The van der Waals surface area contributed by atoms with E-state index in [2.05, 4.69) is 26.2 Å². The largest absolute Gasteiger partial charge is 0.371 e. The second-order valence-electron chi connectivity index (χ2n) is 3.94. The van der Waals surface area contributed by atoms with E-state index in [9.17, 15) is 9.90 Å². The molecule has 0 fully saturated rings. The summed E-state index contributed by atoms with van der Waals surface area (Å²) in [4.78, 5) is 14.9. The number of H-pyrrole nitrogens is 1. The molecule has 2 heterocycles. The van der Waals surface area contributed by atoms with Gasteiger partial charge < -0.3 is 15.4 Å². The van der Waals surface area contributed by atoms with Crippen molar-refractivity contribution in [3.05, 3.63) is 52.3 Å². The first-order chi connectivity index (χ1) is 8.12. The van der Waals surface area contributed by atoms with E-state index in [1.54, 1.807) is 30.5 Å². The van der Waals surface area contributed by atoms with Crippen LogP contribution >= 0.6 is 15.9 Å². The van der Waals surface area contributed by atoms with Crippen LogP contribution in [0.5, 0.6) is 0 Å². The smallest absolute Gasteiger partial charge is 0.267 e. The van der Waals surface area contributed by atoms with Crippen molar-refractivity contribution in [2.75, 3.05) is 5.32 Å². The van der Waals surface area contributed by atoms with Gasteiger partial charge in [0.1, 0.15) is 0 Å². The normalized spacial score (nSPS) is 22.4. The maximum Gasteiger partial charge on any atom is 0.267 e. The van der Waals surface area contributed by atoms with Crippen LogP contribution in [0.1, 0.15) is 11.3 Å². The fourth-order valence-electron chi connectivity index (χ4n) is 2.08. The number of amides is 1. The van der Waals surface area contributed by atoms with Gasteiger partial charge in [0.25, 0.3) is 5.91 Å². The third kappa shape index (κ3) is 1.36. The fraction of sp³-hybridized carbons (Fsp3) is 0.0833. The van der Waals surface area contributed by atoms with Crippen LogP contribution in [0.15, 0.2) is 41.0 Å². The van der Waals surface area contributed by atoms with Crippen molar-refractivity contribution in [1.82, 2.24) is 4.98 Å². The van der Waals surface area contributed by atoms with Gasteiger partial charge in [-0.15, -0.1) is 0 Å². The summed E-state index contributed by atoms with van der Waals surface area (Å²) in [6.07, 6.45) is 1.68. The Kier molecular flexibility index (Phi) is 2.14. The van der Waals surface area contributed by atoms with Crippen LogP contribution in [0.4, 0.5) is 5.69 Å². The molecule has 2 aromatic rings. The molecule has 0 unspecified atom stereocenters. The Hall–Kier alpha value is -1.59. The zero-order valence-electron chi connectivity index (χ0n) is 8.70. The van der Waals surface area contributed by atoms with E-state index >= 15 is 0 Å². The Morgan fingerprint density at radius 1 is 1.29 bits per heavy atom. The molecule has 4 nitrogen and oxygen atoms in total. The second-order valence-corrected chi connectivity index (χ2v) is 4.85. The number of fused-ring (bicyclic) bond motifs is 1. The van der Waals surface area contributed by atoms with E-state index in [0.717, 1.165) is 4.47 Å². The number of hydrogen-bond donors (Lipinski definition) is 3. The van der Waals surface area contributed by atoms with Crippen LogP contribution in [0, 0.1) is 0 Å². The van der Waals surface area contributed by atoms with Crippen molar-refractivity contribution < 1.29 is 9.90 Å². The van der Waals surface area contributed by atoms with Crippen molar-refractivity contribution in [3.63, 3.8) is 0 Å². The Labute approximate surface area is 106 Å². The van der Waals surface area contributed by atoms with E-state index in [0.29, 0.717) is 16.9 Å². The summed E-state index contributed by atoms with van der Waals surface area (Å²) >= 11 is 3.34. The summed E-state index contributed by atoms with van der Waals surface area (Å²) in [5.74, 6) is -0.437. The number of aromatic nitrogens is 1. The topological polar surface area (TPSA) is 65.1 Å². The molecule has 1 amide bonds. The SMILES string of the molecule is O=C1Nc2ccc(Br)cc2[C@]1(O)c1ccc[nH]1. The van der Waals surface area contributed by atoms with Crippen LogP contribution in [-0.2, 0) is 10.4 Å². The number of carbonyl (C=O) groups is 1. The first-order valence-corrected chi connectivity index (χ1v) is 5.89. The van der Waals surface area contributed by atoms with Crippen LogP contribution in [-0.4, -0.2) is 16.0 Å². The Morgan fingerprint density at radius 2 is 2.12 bits per heavy atom. The zero-order valence-corrected chi connectivity index (χ0v) is 10.3. The van der Waals surface area contributed by atoms with Crippen LogP contribution < -0.4 is 5.32 Å². The number of aromatic amines is 1. The van der Waals surface area contributed by atoms with E-state index in [1.165, 1.54) is 0 Å². The Bertz CT molecular complexity index is 595. The molecule has 1 aliphatic rings. The van der Waals surface area contributed by atoms with Gasteiger partial charge in [0.05, 0.1) is 5.69 Å². The van der Waals surface area contributed by atoms with Gasteiger partial charge in [-0.05, 0) is 30.3 Å². The highest BCUT2D eigenvalue weighted by Crippen LogP contribution is 2.41. The van der Waals surface area contributed by atoms with Crippen molar-refractivity contribution in [1.29, 1.82) is 0 Å². The highest BCUT2D eigenvalue weighted by atomic mass is 79.9. The minimum absolute atomic E-state index is 0.437. The van der Waals surface area contributed by atoms with E-state index in [4.69, 9.17) is 0 Å². The average Bonchev–Trinajstić information content (AvgIpc) is 2.90. The third-order valence-electron chi connectivity index (χ3n) is 2.94. The van der Waals surface area contributed by atoms with Gasteiger partial charge in [-0.3, -0.25) is 4.79 Å². The molecular formula is C12H9BrN2O2. The van der Waals surface area contributed by atoms with Crippen LogP contribution in [0.2, 0.25) is 0 Å². The predicted molar refractivity (Wildman–Crippen MR) is 66.6 cm³/mol. The van der Waals surface area contributed by atoms with Crippen molar-refractivity contribution in [2.45, 2.75) is 5.60 Å². The molecule has 0 saturated heterocycles. The summed E-state index contributed by atoms with van der Waals surface area (Å²) in [5.41, 5.74) is 0.0178. The summed E-state index contributed by atoms with van der Waals surface area (Å²) in [5, 5.41) is 13.3. The van der Waals surface area contributed by atoms with Crippen LogP contribution in [0.25, 0.3) is 0 Å². The fourth-order valence-corrected chi connectivity index (χ4v) is 2.44. The van der Waals surface area contributed by atoms with Gasteiger partial charge in [0.15, 0.2) is 0 Å². The lowest BCUT2D eigenvalue weighted by Crippen LogP contribution is -2.35. The lowest BCUT2D eigenvalue weighted by atomic mass is 9.92. The minimum atomic E-state index is -1.64. The van der Waals surface area contributed by atoms with Crippen molar-refractivity contribution in [2.24, 2.45) is 0 Å².